The number of aliphatic hydroxyl groups excluding tert-OH is 1. The molecule has 2 aliphatic heterocycles. The molecule has 0 saturated heterocycles. The van der Waals surface area contributed by atoms with E-state index < -0.39 is 22.0 Å². The summed E-state index contributed by atoms with van der Waals surface area (Å²) in [5, 5.41) is 13.1. The first kappa shape index (κ1) is 16.0. The fourth-order valence-electron chi connectivity index (χ4n) is 2.42. The largest absolute Gasteiger partial charge is 0.507 e. The number of aliphatic hydroxyl groups is 1. The molecule has 2 unspecified atom stereocenters. The number of hydrogen-bond acceptors (Lipinski definition) is 5. The molecule has 0 bridgehead atoms. The Morgan fingerprint density at radius 1 is 1.43 bits per heavy atom. The average molecular weight is 348 g/mol. The molecule has 0 saturated carbocycles. The maximum atomic E-state index is 12.6. The molecule has 0 spiro atoms. The van der Waals surface area contributed by atoms with Crippen molar-refractivity contribution in [2.24, 2.45) is 4.99 Å². The van der Waals surface area contributed by atoms with Gasteiger partial charge < -0.3 is 10.4 Å². The van der Waals surface area contributed by atoms with Crippen molar-refractivity contribution in [3.8, 4) is 0 Å². The van der Waals surface area contributed by atoms with Gasteiger partial charge in [-0.15, -0.1) is 0 Å². The summed E-state index contributed by atoms with van der Waals surface area (Å²) in [4.78, 5) is 17.3. The Morgan fingerprint density at radius 2 is 2.17 bits per heavy atom. The minimum atomic E-state index is -1.38. The predicted molar refractivity (Wildman–Crippen MR) is 93.7 cm³/mol. The molecule has 0 radical (unpaired) electrons. The summed E-state index contributed by atoms with van der Waals surface area (Å²) < 4.78 is 12.6. The summed E-state index contributed by atoms with van der Waals surface area (Å²) in [6.45, 7) is 3.64. The monoisotopic (exact) mass is 348 g/mol. The van der Waals surface area contributed by atoms with Crippen molar-refractivity contribution in [1.29, 1.82) is 0 Å². The van der Waals surface area contributed by atoms with Crippen molar-refractivity contribution in [2.75, 3.05) is 5.75 Å². The lowest BCUT2D eigenvalue weighted by Gasteiger charge is -2.24. The maximum absolute atomic E-state index is 12.6. The van der Waals surface area contributed by atoms with Gasteiger partial charge in [-0.05, 0) is 25.5 Å². The lowest BCUT2D eigenvalue weighted by molar-refractivity contribution is -0.116. The standard InChI is InChI=1S/C16H16N2O3S2/c1-9-7-17-16(22-8-9)18-15(20)13-10(2)23(21)12-6-4-3-5-11(12)14(13)19/h3-7,10,19H,8H2,1-2H3,(H,17,18,20). The van der Waals surface area contributed by atoms with E-state index in [-0.39, 0.29) is 11.3 Å². The molecule has 1 aromatic carbocycles. The number of fused-ring (bicyclic) bond motifs is 1. The molecular formula is C16H16N2O3S2. The van der Waals surface area contributed by atoms with Crippen molar-refractivity contribution in [3.05, 3.63) is 47.2 Å². The Bertz CT molecular complexity index is 796. The van der Waals surface area contributed by atoms with E-state index in [9.17, 15) is 14.1 Å². The lowest BCUT2D eigenvalue weighted by Crippen LogP contribution is -2.37. The molecule has 1 amide bonds. The second-order valence-corrected chi connectivity index (χ2v) is 8.06. The van der Waals surface area contributed by atoms with Gasteiger partial charge in [-0.1, -0.05) is 30.0 Å². The molecule has 5 nitrogen and oxygen atoms in total. The number of rotatable bonds is 1. The predicted octanol–water partition coefficient (Wildman–Crippen LogP) is 2.59. The first-order valence-corrected chi connectivity index (χ1v) is 9.29. The van der Waals surface area contributed by atoms with Gasteiger partial charge in [0.25, 0.3) is 5.91 Å². The third-order valence-corrected chi connectivity index (χ3v) is 6.39. The summed E-state index contributed by atoms with van der Waals surface area (Å²) >= 11 is 1.42. The summed E-state index contributed by atoms with van der Waals surface area (Å²) in [6, 6.07) is 6.89. The molecule has 3 rings (SSSR count). The fraction of sp³-hybridized carbons (Fsp3) is 0.250. The third-order valence-electron chi connectivity index (χ3n) is 3.65. The molecule has 1 aromatic rings. The number of thioether (sulfide) groups is 1. The van der Waals surface area contributed by atoms with E-state index in [1.54, 1.807) is 37.4 Å². The van der Waals surface area contributed by atoms with E-state index in [2.05, 4.69) is 10.3 Å². The average Bonchev–Trinajstić information content (AvgIpc) is 2.55. The van der Waals surface area contributed by atoms with Crippen LogP contribution >= 0.6 is 11.8 Å². The molecule has 0 fully saturated rings. The van der Waals surface area contributed by atoms with Crippen LogP contribution in [-0.4, -0.2) is 31.4 Å². The molecule has 7 heteroatoms. The van der Waals surface area contributed by atoms with Crippen molar-refractivity contribution in [3.63, 3.8) is 0 Å². The molecule has 2 N–H and O–H groups in total. The second kappa shape index (κ2) is 6.33. The number of hydrogen-bond donors (Lipinski definition) is 2. The third kappa shape index (κ3) is 2.98. The Morgan fingerprint density at radius 3 is 2.87 bits per heavy atom. The summed E-state index contributed by atoms with van der Waals surface area (Å²) in [6.07, 6.45) is 1.71. The molecule has 2 aliphatic rings. The van der Waals surface area contributed by atoms with Crippen molar-refractivity contribution in [2.45, 2.75) is 24.0 Å². The van der Waals surface area contributed by atoms with Crippen LogP contribution < -0.4 is 5.32 Å². The zero-order chi connectivity index (χ0) is 16.6. The van der Waals surface area contributed by atoms with Crippen LogP contribution in [0.5, 0.6) is 0 Å². The highest BCUT2D eigenvalue weighted by Crippen LogP contribution is 2.34. The SMILES string of the molecule is CC1=CN=C(NC(=O)C2=C(O)c3ccccc3S(=O)C2C)SC1. The van der Waals surface area contributed by atoms with Gasteiger partial charge in [0.15, 0.2) is 5.17 Å². The van der Waals surface area contributed by atoms with E-state index in [1.807, 2.05) is 6.92 Å². The van der Waals surface area contributed by atoms with Crippen LogP contribution in [0.3, 0.4) is 0 Å². The number of aliphatic imine (C=N–C) groups is 1. The number of benzene rings is 1. The van der Waals surface area contributed by atoms with Crippen LogP contribution in [0.1, 0.15) is 19.4 Å². The van der Waals surface area contributed by atoms with Crippen LogP contribution in [0.4, 0.5) is 0 Å². The van der Waals surface area contributed by atoms with Crippen LogP contribution in [0.15, 0.2) is 51.5 Å². The van der Waals surface area contributed by atoms with E-state index in [0.29, 0.717) is 15.6 Å². The summed E-state index contributed by atoms with van der Waals surface area (Å²) in [5.74, 6) is 0.185. The van der Waals surface area contributed by atoms with Crippen LogP contribution in [0, 0.1) is 0 Å². The van der Waals surface area contributed by atoms with Gasteiger partial charge in [0, 0.05) is 17.5 Å². The lowest BCUT2D eigenvalue weighted by atomic mass is 10.0. The van der Waals surface area contributed by atoms with Crippen LogP contribution in [0.25, 0.3) is 5.76 Å². The molecule has 2 atom stereocenters. The van der Waals surface area contributed by atoms with E-state index in [0.717, 1.165) is 11.3 Å². The van der Waals surface area contributed by atoms with E-state index >= 15 is 0 Å². The molecule has 2 heterocycles. The minimum absolute atomic E-state index is 0.113. The van der Waals surface area contributed by atoms with Gasteiger partial charge in [-0.25, -0.2) is 4.99 Å². The second-order valence-electron chi connectivity index (χ2n) is 5.35. The van der Waals surface area contributed by atoms with E-state index in [1.165, 1.54) is 11.8 Å². The van der Waals surface area contributed by atoms with Crippen molar-refractivity contribution in [1.82, 2.24) is 5.32 Å². The Hall–Kier alpha value is -1.86. The highest BCUT2D eigenvalue weighted by Gasteiger charge is 2.34. The minimum Gasteiger partial charge on any atom is -0.507 e. The van der Waals surface area contributed by atoms with Gasteiger partial charge in [0.05, 0.1) is 26.5 Å². The normalized spacial score (nSPS) is 23.7. The maximum Gasteiger partial charge on any atom is 0.258 e. The first-order valence-electron chi connectivity index (χ1n) is 7.09. The zero-order valence-electron chi connectivity index (χ0n) is 12.7. The van der Waals surface area contributed by atoms with Gasteiger partial charge in [-0.3, -0.25) is 9.00 Å². The number of carbonyl (C=O) groups is 1. The Kier molecular flexibility index (Phi) is 4.41. The van der Waals surface area contributed by atoms with Gasteiger partial charge in [0.2, 0.25) is 0 Å². The fourth-order valence-corrected chi connectivity index (χ4v) is 4.56. The molecule has 120 valence electrons. The number of nitrogens with one attached hydrogen (secondary N) is 1. The molecule has 23 heavy (non-hydrogen) atoms. The molecular weight excluding hydrogens is 332 g/mol. The molecule has 0 aliphatic carbocycles. The number of carbonyl (C=O) groups excluding carboxylic acids is 1. The Labute approximate surface area is 141 Å². The number of nitrogens with zero attached hydrogens (tertiary/aromatic N) is 1. The highest BCUT2D eigenvalue weighted by atomic mass is 32.2. The summed E-state index contributed by atoms with van der Waals surface area (Å²) in [5.41, 5.74) is 1.70. The zero-order valence-corrected chi connectivity index (χ0v) is 14.3. The topological polar surface area (TPSA) is 78.8 Å². The number of amides is 1. The molecule has 0 aromatic heterocycles. The summed E-state index contributed by atoms with van der Waals surface area (Å²) in [7, 11) is -1.38. The Balaban J connectivity index is 1.95. The quantitative estimate of drug-likeness (QED) is 0.818. The van der Waals surface area contributed by atoms with Crippen molar-refractivity contribution < 1.29 is 14.1 Å². The van der Waals surface area contributed by atoms with Gasteiger partial charge >= 0.3 is 0 Å². The van der Waals surface area contributed by atoms with Crippen molar-refractivity contribution >= 4 is 39.4 Å². The van der Waals surface area contributed by atoms with E-state index in [4.69, 9.17) is 0 Å². The smallest absolute Gasteiger partial charge is 0.258 e. The number of amidine groups is 1. The van der Waals surface area contributed by atoms with Crippen LogP contribution in [-0.2, 0) is 15.6 Å². The van der Waals surface area contributed by atoms with Gasteiger partial charge in [0.1, 0.15) is 5.76 Å². The first-order chi connectivity index (χ1) is 11.0. The highest BCUT2D eigenvalue weighted by molar-refractivity contribution is 8.14. The van der Waals surface area contributed by atoms with Crippen LogP contribution in [0.2, 0.25) is 0 Å². The van der Waals surface area contributed by atoms with Gasteiger partial charge in [-0.2, -0.15) is 0 Å².